The fourth-order valence-electron chi connectivity index (χ4n) is 4.09. The van der Waals surface area contributed by atoms with Crippen LogP contribution < -0.4 is 9.80 Å². The molecule has 0 spiro atoms. The zero-order valence-electron chi connectivity index (χ0n) is 16.9. The zero-order chi connectivity index (χ0) is 19.8. The van der Waals surface area contributed by atoms with Gasteiger partial charge in [-0.3, -0.25) is 4.98 Å². The molecule has 1 aliphatic rings. The Morgan fingerprint density at radius 1 is 0.931 bits per heavy atom. The Bertz CT molecular complexity index is 1160. The van der Waals surface area contributed by atoms with E-state index in [4.69, 9.17) is 10.1 Å². The Morgan fingerprint density at radius 2 is 1.72 bits per heavy atom. The number of hydrogen-bond acceptors (Lipinski definition) is 6. The van der Waals surface area contributed by atoms with Crippen molar-refractivity contribution < 1.29 is 0 Å². The Morgan fingerprint density at radius 3 is 2.55 bits per heavy atom. The average Bonchev–Trinajstić information content (AvgIpc) is 3.14. The van der Waals surface area contributed by atoms with Crippen molar-refractivity contribution in [2.45, 2.75) is 26.7 Å². The van der Waals surface area contributed by atoms with E-state index in [1.807, 2.05) is 23.6 Å². The highest BCUT2D eigenvalue weighted by molar-refractivity contribution is 5.92. The minimum Gasteiger partial charge on any atom is -0.367 e. The van der Waals surface area contributed by atoms with Crippen LogP contribution in [0.5, 0.6) is 0 Å². The topological polar surface area (TPSA) is 62.5 Å². The second kappa shape index (κ2) is 7.31. The molecule has 0 N–H and O–H groups in total. The van der Waals surface area contributed by atoms with E-state index in [0.29, 0.717) is 0 Å². The van der Waals surface area contributed by atoms with E-state index < -0.39 is 0 Å². The van der Waals surface area contributed by atoms with Crippen LogP contribution in [0.25, 0.3) is 16.6 Å². The molecule has 0 amide bonds. The van der Waals surface area contributed by atoms with E-state index in [-0.39, 0.29) is 0 Å². The summed E-state index contributed by atoms with van der Waals surface area (Å²) in [6, 6.07) is 14.8. The van der Waals surface area contributed by atoms with Gasteiger partial charge >= 0.3 is 0 Å². The molecule has 0 atom stereocenters. The van der Waals surface area contributed by atoms with Crippen molar-refractivity contribution in [1.29, 1.82) is 0 Å². The Labute approximate surface area is 170 Å². The van der Waals surface area contributed by atoms with Gasteiger partial charge in [-0.05, 0) is 37.6 Å². The molecule has 1 aromatic carbocycles. The normalized spacial score (nSPS) is 14.8. The smallest absolute Gasteiger partial charge is 0.178 e. The van der Waals surface area contributed by atoms with Gasteiger partial charge in [0.1, 0.15) is 5.82 Å². The minimum absolute atomic E-state index is 0.789. The van der Waals surface area contributed by atoms with E-state index in [0.717, 1.165) is 61.8 Å². The Hall–Kier alpha value is -3.22. The predicted molar refractivity (Wildman–Crippen MR) is 116 cm³/mol. The molecule has 1 saturated heterocycles. The standard InChI is InChI=1S/C22H25N7/c1-3-6-17-15-20(18-7-4-5-8-19(18)23-17)27-11-13-28(14-12-27)22-10-9-21-25-24-16(2)29(21)26-22/h4-5,7-10,15H,3,6,11-14H2,1-2H3. The summed E-state index contributed by atoms with van der Waals surface area (Å²) >= 11 is 0. The highest BCUT2D eigenvalue weighted by Gasteiger charge is 2.21. The number of hydrogen-bond donors (Lipinski definition) is 0. The monoisotopic (exact) mass is 387 g/mol. The van der Waals surface area contributed by atoms with Gasteiger partial charge in [-0.15, -0.1) is 15.3 Å². The summed E-state index contributed by atoms with van der Waals surface area (Å²) in [7, 11) is 0. The molecule has 4 heterocycles. The number of aryl methyl sites for hydroxylation is 2. The molecule has 0 saturated carbocycles. The zero-order valence-corrected chi connectivity index (χ0v) is 16.9. The van der Waals surface area contributed by atoms with E-state index in [1.165, 1.54) is 16.8 Å². The molecular weight excluding hydrogens is 362 g/mol. The van der Waals surface area contributed by atoms with Crippen LogP contribution in [0.15, 0.2) is 42.5 Å². The van der Waals surface area contributed by atoms with Crippen LogP contribution in [0.1, 0.15) is 24.9 Å². The first-order chi connectivity index (χ1) is 14.2. The Kier molecular flexibility index (Phi) is 4.50. The molecule has 0 radical (unpaired) electrons. The second-order valence-electron chi connectivity index (χ2n) is 7.58. The molecule has 148 valence electrons. The first-order valence-corrected chi connectivity index (χ1v) is 10.3. The van der Waals surface area contributed by atoms with Crippen LogP contribution in [0.2, 0.25) is 0 Å². The number of piperazine rings is 1. The van der Waals surface area contributed by atoms with Crippen LogP contribution in [0, 0.1) is 6.92 Å². The summed E-state index contributed by atoms with van der Waals surface area (Å²) in [5, 5.41) is 14.2. The van der Waals surface area contributed by atoms with Crippen LogP contribution in [-0.2, 0) is 6.42 Å². The number of fused-ring (bicyclic) bond motifs is 2. The van der Waals surface area contributed by atoms with Crippen molar-refractivity contribution in [2.75, 3.05) is 36.0 Å². The van der Waals surface area contributed by atoms with Crippen LogP contribution in [0.4, 0.5) is 11.5 Å². The van der Waals surface area contributed by atoms with Crippen molar-refractivity contribution in [3.8, 4) is 0 Å². The van der Waals surface area contributed by atoms with Crippen molar-refractivity contribution in [2.24, 2.45) is 0 Å². The predicted octanol–water partition coefficient (Wildman–Crippen LogP) is 3.26. The maximum atomic E-state index is 4.85. The van der Waals surface area contributed by atoms with Gasteiger partial charge in [0, 0.05) is 42.9 Å². The molecule has 1 aliphatic heterocycles. The summed E-state index contributed by atoms with van der Waals surface area (Å²) in [6.45, 7) is 7.91. The minimum atomic E-state index is 0.789. The van der Waals surface area contributed by atoms with Gasteiger partial charge < -0.3 is 9.80 Å². The van der Waals surface area contributed by atoms with E-state index in [1.54, 1.807) is 0 Å². The highest BCUT2D eigenvalue weighted by atomic mass is 15.4. The summed E-state index contributed by atoms with van der Waals surface area (Å²) in [5.74, 6) is 1.79. The SMILES string of the molecule is CCCc1cc(N2CCN(c3ccc4nnc(C)n4n3)CC2)c2ccccc2n1. The van der Waals surface area contributed by atoms with Crippen molar-refractivity contribution in [1.82, 2.24) is 24.8 Å². The van der Waals surface area contributed by atoms with E-state index in [9.17, 15) is 0 Å². The first kappa shape index (κ1) is 17.8. The van der Waals surface area contributed by atoms with Gasteiger partial charge in [0.15, 0.2) is 11.5 Å². The number of aromatic nitrogens is 5. The first-order valence-electron chi connectivity index (χ1n) is 10.3. The molecule has 0 aliphatic carbocycles. The van der Waals surface area contributed by atoms with Crippen molar-refractivity contribution >= 4 is 28.1 Å². The molecular formula is C22H25N7. The van der Waals surface area contributed by atoms with Crippen molar-refractivity contribution in [3.63, 3.8) is 0 Å². The summed E-state index contributed by atoms with van der Waals surface area (Å²) in [6.07, 6.45) is 2.12. The number of pyridine rings is 1. The maximum Gasteiger partial charge on any atom is 0.178 e. The van der Waals surface area contributed by atoms with Crippen LogP contribution in [0.3, 0.4) is 0 Å². The van der Waals surface area contributed by atoms with E-state index >= 15 is 0 Å². The number of nitrogens with zero attached hydrogens (tertiary/aromatic N) is 7. The van der Waals surface area contributed by atoms with Gasteiger partial charge in [-0.2, -0.15) is 4.52 Å². The van der Waals surface area contributed by atoms with Gasteiger partial charge in [-0.25, -0.2) is 0 Å². The quantitative estimate of drug-likeness (QED) is 0.536. The number of rotatable bonds is 4. The lowest BCUT2D eigenvalue weighted by Crippen LogP contribution is -2.47. The largest absolute Gasteiger partial charge is 0.367 e. The average molecular weight is 387 g/mol. The van der Waals surface area contributed by atoms with Gasteiger partial charge in [0.25, 0.3) is 0 Å². The fraction of sp³-hybridized carbons (Fsp3) is 0.364. The van der Waals surface area contributed by atoms with Gasteiger partial charge in [-0.1, -0.05) is 31.5 Å². The molecule has 7 nitrogen and oxygen atoms in total. The number of benzene rings is 1. The third-order valence-electron chi connectivity index (χ3n) is 5.60. The highest BCUT2D eigenvalue weighted by Crippen LogP contribution is 2.29. The molecule has 5 rings (SSSR count). The number of anilines is 2. The van der Waals surface area contributed by atoms with Crippen LogP contribution >= 0.6 is 0 Å². The molecule has 7 heteroatoms. The molecule has 3 aromatic heterocycles. The van der Waals surface area contributed by atoms with Crippen LogP contribution in [-0.4, -0.2) is 51.0 Å². The van der Waals surface area contributed by atoms with Gasteiger partial charge in [0.2, 0.25) is 0 Å². The lowest BCUT2D eigenvalue weighted by Gasteiger charge is -2.37. The Balaban J connectivity index is 1.40. The third kappa shape index (κ3) is 3.26. The second-order valence-corrected chi connectivity index (χ2v) is 7.58. The molecule has 0 unspecified atom stereocenters. The molecule has 4 aromatic rings. The molecule has 0 bridgehead atoms. The number of para-hydroxylation sites is 1. The lowest BCUT2D eigenvalue weighted by molar-refractivity contribution is 0.641. The van der Waals surface area contributed by atoms with Gasteiger partial charge in [0.05, 0.1) is 5.52 Å². The fourth-order valence-corrected chi connectivity index (χ4v) is 4.09. The summed E-state index contributed by atoms with van der Waals surface area (Å²) < 4.78 is 1.81. The maximum absolute atomic E-state index is 4.85. The molecule has 1 fully saturated rings. The van der Waals surface area contributed by atoms with E-state index in [2.05, 4.69) is 57.3 Å². The summed E-state index contributed by atoms with van der Waals surface area (Å²) in [5.41, 5.74) is 4.36. The van der Waals surface area contributed by atoms with Crippen molar-refractivity contribution in [3.05, 3.63) is 54.0 Å². The summed E-state index contributed by atoms with van der Waals surface area (Å²) in [4.78, 5) is 9.68. The molecule has 29 heavy (non-hydrogen) atoms. The lowest BCUT2D eigenvalue weighted by atomic mass is 10.1. The third-order valence-corrected chi connectivity index (χ3v) is 5.60.